The second-order valence-electron chi connectivity index (χ2n) is 16.4. The van der Waals surface area contributed by atoms with Crippen molar-refractivity contribution in [3.63, 3.8) is 0 Å². The highest BCUT2D eigenvalue weighted by molar-refractivity contribution is 6.34. The molecule has 0 bridgehead atoms. The number of amides is 1. The summed E-state index contributed by atoms with van der Waals surface area (Å²) in [5, 5.41) is 4.95. The van der Waals surface area contributed by atoms with Gasteiger partial charge in [-0.15, -0.1) is 0 Å². The number of fused-ring (bicyclic) bond motifs is 3. The molecule has 0 unspecified atom stereocenters. The highest BCUT2D eigenvalue weighted by Crippen LogP contribution is 2.57. The van der Waals surface area contributed by atoms with E-state index in [-0.39, 0.29) is 34.7 Å². The first-order chi connectivity index (χ1) is 23.8. The number of likely N-dealkylation sites (tertiary alicyclic amines) is 1. The molecule has 0 aromatic carbocycles. The molecule has 0 N–H and O–H groups in total. The minimum absolute atomic E-state index is 0.136. The van der Waals surface area contributed by atoms with Gasteiger partial charge in [0.15, 0.2) is 28.9 Å². The van der Waals surface area contributed by atoms with Gasteiger partial charge < -0.3 is 28.4 Å². The number of nitrogens with zero attached hydrogens (tertiary/aromatic N) is 6. The van der Waals surface area contributed by atoms with Crippen LogP contribution in [0.2, 0.25) is 5.02 Å². The number of anilines is 1. The summed E-state index contributed by atoms with van der Waals surface area (Å²) in [7, 11) is 1.91. The minimum atomic E-state index is -0.913. The van der Waals surface area contributed by atoms with E-state index in [9.17, 15) is 9.18 Å². The Balaban J connectivity index is 1.17. The lowest BCUT2D eigenvalue weighted by Gasteiger charge is -2.50. The number of halogens is 2. The van der Waals surface area contributed by atoms with Crippen LogP contribution in [0.1, 0.15) is 96.8 Å². The molecule has 3 aliphatic carbocycles. The van der Waals surface area contributed by atoms with E-state index in [0.717, 1.165) is 69.1 Å². The molecular formula is C36H50ClFN6O6. The molecule has 3 spiro atoms. The molecule has 2 saturated carbocycles. The first-order valence-corrected chi connectivity index (χ1v) is 18.8. The number of carbonyl (C=O) groups is 1. The molecule has 6 aliphatic rings. The zero-order valence-corrected chi connectivity index (χ0v) is 30.7. The third-order valence-corrected chi connectivity index (χ3v) is 12.2. The maximum absolute atomic E-state index is 14.4. The van der Waals surface area contributed by atoms with Crippen molar-refractivity contribution in [3.8, 4) is 17.4 Å². The minimum Gasteiger partial charge on any atom is -0.472 e. The van der Waals surface area contributed by atoms with Gasteiger partial charge in [-0.25, -0.2) is 14.2 Å². The van der Waals surface area contributed by atoms with Gasteiger partial charge in [-0.3, -0.25) is 9.80 Å². The van der Waals surface area contributed by atoms with Gasteiger partial charge in [-0.05, 0) is 86.1 Å². The Morgan fingerprint density at radius 1 is 1.06 bits per heavy atom. The van der Waals surface area contributed by atoms with Crippen LogP contribution in [0.5, 0.6) is 5.88 Å². The first-order valence-electron chi connectivity index (χ1n) is 18.5. The Labute approximate surface area is 298 Å². The van der Waals surface area contributed by atoms with E-state index in [1.807, 2.05) is 44.5 Å². The Morgan fingerprint density at radius 3 is 2.50 bits per heavy atom. The number of likely N-dealkylation sites (N-methyl/N-ethyl adjacent to an activating group) is 1. The maximum Gasteiger partial charge on any atom is 0.410 e. The highest BCUT2D eigenvalue weighted by Gasteiger charge is 2.62. The molecule has 0 radical (unpaired) electrons. The topological polar surface area (TPSA) is 116 Å². The number of alkyl halides is 1. The molecule has 3 saturated heterocycles. The Morgan fingerprint density at radius 2 is 1.80 bits per heavy atom. The predicted octanol–water partition coefficient (Wildman–Crippen LogP) is 6.08. The fraction of sp³-hybridized carbons (Fsp3) is 0.778. The summed E-state index contributed by atoms with van der Waals surface area (Å²) in [6, 6.07) is -0.136. The van der Waals surface area contributed by atoms with Crippen LogP contribution < -0.4 is 9.64 Å². The van der Waals surface area contributed by atoms with Gasteiger partial charge in [0.25, 0.3) is 0 Å². The largest absolute Gasteiger partial charge is 0.472 e. The molecule has 14 heteroatoms. The van der Waals surface area contributed by atoms with Crippen LogP contribution in [0.25, 0.3) is 11.5 Å². The van der Waals surface area contributed by atoms with Crippen LogP contribution >= 0.6 is 11.6 Å². The van der Waals surface area contributed by atoms with Crippen LogP contribution in [-0.2, 0) is 26.0 Å². The van der Waals surface area contributed by atoms with Crippen molar-refractivity contribution in [2.45, 2.75) is 133 Å². The standard InChI is InChI=1S/C36H50ClFN6O6/c1-22(25-19-23(38)20-42(25)5)48-31-26(37)30(43-15-16-44(34(21-43)13-14-34)32(45)49-33(2,3)4)39-29(40-31)27-24-9-8-11-35(28(24)50-41-27)10-6-7-12-36(35)46-17-18-47-36/h22-23,25H,6-21H2,1-5H3/t22-,23+,25-,35-/m0/s1. The molecule has 8 rings (SSSR count). The maximum atomic E-state index is 14.4. The molecule has 12 nitrogen and oxygen atoms in total. The number of piperazine rings is 1. The lowest BCUT2D eigenvalue weighted by molar-refractivity contribution is -0.235. The van der Waals surface area contributed by atoms with Gasteiger partial charge in [-0.2, -0.15) is 4.98 Å². The lowest BCUT2D eigenvalue weighted by atomic mass is 9.61. The Bertz CT molecular complexity index is 1620. The molecule has 2 aromatic rings. The van der Waals surface area contributed by atoms with Crippen molar-refractivity contribution >= 4 is 23.5 Å². The predicted molar refractivity (Wildman–Crippen MR) is 183 cm³/mol. The monoisotopic (exact) mass is 716 g/mol. The average Bonchev–Trinajstić information content (AvgIpc) is 3.38. The fourth-order valence-electron chi connectivity index (χ4n) is 9.38. The zero-order chi connectivity index (χ0) is 35.1. The number of rotatable bonds is 5. The van der Waals surface area contributed by atoms with E-state index in [1.165, 1.54) is 0 Å². The van der Waals surface area contributed by atoms with E-state index in [2.05, 4.69) is 10.1 Å². The van der Waals surface area contributed by atoms with Crippen molar-refractivity contribution < 1.29 is 32.7 Å². The smallest absolute Gasteiger partial charge is 0.410 e. The summed E-state index contributed by atoms with van der Waals surface area (Å²) < 4.78 is 45.8. The van der Waals surface area contributed by atoms with Crippen molar-refractivity contribution in [2.75, 3.05) is 51.3 Å². The van der Waals surface area contributed by atoms with E-state index in [0.29, 0.717) is 63.1 Å². The lowest BCUT2D eigenvalue weighted by Crippen LogP contribution is -2.58. The van der Waals surface area contributed by atoms with E-state index < -0.39 is 23.0 Å². The summed E-state index contributed by atoms with van der Waals surface area (Å²) in [6.07, 6.45) is 6.94. The van der Waals surface area contributed by atoms with Crippen LogP contribution in [0.15, 0.2) is 4.52 Å². The van der Waals surface area contributed by atoms with Crippen molar-refractivity contribution in [2.24, 2.45) is 0 Å². The normalized spacial score (nSPS) is 29.5. The molecule has 1 amide bonds. The summed E-state index contributed by atoms with van der Waals surface area (Å²) in [5.41, 5.74) is 0.186. The average molecular weight is 717 g/mol. The van der Waals surface area contributed by atoms with E-state index >= 15 is 0 Å². The fourth-order valence-corrected chi connectivity index (χ4v) is 9.62. The van der Waals surface area contributed by atoms with Crippen LogP contribution in [0, 0.1) is 0 Å². The van der Waals surface area contributed by atoms with Crippen molar-refractivity contribution in [1.82, 2.24) is 24.9 Å². The number of ether oxygens (including phenoxy) is 4. The van der Waals surface area contributed by atoms with Gasteiger partial charge in [0.2, 0.25) is 5.88 Å². The summed E-state index contributed by atoms with van der Waals surface area (Å²) in [4.78, 5) is 29.2. The second-order valence-corrected chi connectivity index (χ2v) is 16.7. The van der Waals surface area contributed by atoms with E-state index in [4.69, 9.17) is 45.0 Å². The molecule has 3 aliphatic heterocycles. The van der Waals surface area contributed by atoms with Crippen LogP contribution in [0.3, 0.4) is 0 Å². The Hall–Kier alpha value is -2.74. The SMILES string of the molecule is C[C@H](Oc1nc(-c2noc3c2CCC[C@@]32CCCCC23OCCO3)nc(N2CCN(C(=O)OC(C)(C)C)C3(CC3)C2)c1Cl)[C@@H]1C[C@@H](F)CN1C. The number of hydrogen-bond acceptors (Lipinski definition) is 11. The molecule has 50 heavy (non-hydrogen) atoms. The zero-order valence-electron chi connectivity index (χ0n) is 29.9. The van der Waals surface area contributed by atoms with Gasteiger partial charge >= 0.3 is 6.09 Å². The quantitative estimate of drug-likeness (QED) is 0.359. The summed E-state index contributed by atoms with van der Waals surface area (Å²) in [6.45, 7) is 10.6. The first kappa shape index (κ1) is 34.4. The van der Waals surface area contributed by atoms with Crippen LogP contribution in [0.4, 0.5) is 15.0 Å². The van der Waals surface area contributed by atoms with Gasteiger partial charge in [0, 0.05) is 44.2 Å². The van der Waals surface area contributed by atoms with E-state index in [1.54, 1.807) is 0 Å². The van der Waals surface area contributed by atoms with Crippen LogP contribution in [-0.4, -0.2) is 113 Å². The van der Waals surface area contributed by atoms with Gasteiger partial charge in [-0.1, -0.05) is 23.2 Å². The van der Waals surface area contributed by atoms with Gasteiger partial charge in [0.05, 0.1) is 24.2 Å². The molecule has 5 fully saturated rings. The van der Waals surface area contributed by atoms with Gasteiger partial charge in [0.1, 0.15) is 22.9 Å². The van der Waals surface area contributed by atoms with Crippen molar-refractivity contribution in [1.29, 1.82) is 0 Å². The summed E-state index contributed by atoms with van der Waals surface area (Å²) >= 11 is 7.17. The molecular weight excluding hydrogens is 667 g/mol. The number of carbonyl (C=O) groups excluding carboxylic acids is 1. The highest BCUT2D eigenvalue weighted by atomic mass is 35.5. The Kier molecular flexibility index (Phi) is 8.55. The third-order valence-electron chi connectivity index (χ3n) is 11.9. The van der Waals surface area contributed by atoms with Crippen molar-refractivity contribution in [3.05, 3.63) is 16.3 Å². The molecule has 2 aromatic heterocycles. The second kappa shape index (κ2) is 12.4. The summed E-state index contributed by atoms with van der Waals surface area (Å²) in [5.74, 6) is 1.24. The third kappa shape index (κ3) is 5.74. The molecule has 5 heterocycles. The molecule has 4 atom stereocenters. The number of aromatic nitrogens is 3. The number of hydrogen-bond donors (Lipinski definition) is 0. The molecule has 274 valence electrons.